The molecule has 98 valence electrons. The van der Waals surface area contributed by atoms with E-state index in [1.807, 2.05) is 25.1 Å². The lowest BCUT2D eigenvalue weighted by Crippen LogP contribution is -2.01. The van der Waals surface area contributed by atoms with Crippen molar-refractivity contribution in [3.63, 3.8) is 0 Å². The Labute approximate surface area is 111 Å². The first-order valence-corrected chi connectivity index (χ1v) is 6.06. The van der Waals surface area contributed by atoms with Crippen LogP contribution >= 0.6 is 0 Å². The second-order valence-corrected chi connectivity index (χ2v) is 3.93. The second kappa shape index (κ2) is 6.64. The second-order valence-electron chi connectivity index (χ2n) is 3.93. The number of ether oxygens (including phenoxy) is 1. The summed E-state index contributed by atoms with van der Waals surface area (Å²) in [5.41, 5.74) is 0.872. The third-order valence-corrected chi connectivity index (χ3v) is 2.58. The van der Waals surface area contributed by atoms with Crippen molar-refractivity contribution in [2.24, 2.45) is 0 Å². The minimum Gasteiger partial charge on any atom is -0.473 e. The molecule has 3 nitrogen and oxygen atoms in total. The molecule has 0 amide bonds. The van der Waals surface area contributed by atoms with E-state index in [0.717, 1.165) is 0 Å². The summed E-state index contributed by atoms with van der Waals surface area (Å²) in [4.78, 5) is 7.91. The van der Waals surface area contributed by atoms with Crippen LogP contribution in [0.4, 0.5) is 4.39 Å². The number of hydrogen-bond acceptors (Lipinski definition) is 3. The largest absolute Gasteiger partial charge is 0.473 e. The summed E-state index contributed by atoms with van der Waals surface area (Å²) in [6.45, 7) is 2.32. The molecule has 0 saturated carbocycles. The number of aromatic nitrogens is 2. The predicted octanol–water partition coefficient (Wildman–Crippen LogP) is 3.49. The molecular weight excluding hydrogens is 243 g/mol. The summed E-state index contributed by atoms with van der Waals surface area (Å²) in [6.07, 6.45) is 3.78. The van der Waals surface area contributed by atoms with Crippen LogP contribution < -0.4 is 4.74 Å². The third-order valence-electron chi connectivity index (χ3n) is 2.58. The Morgan fingerprint density at radius 2 is 2.05 bits per heavy atom. The molecule has 0 spiro atoms. The van der Waals surface area contributed by atoms with E-state index in [4.69, 9.17) is 4.74 Å². The zero-order valence-corrected chi connectivity index (χ0v) is 10.7. The van der Waals surface area contributed by atoms with Gasteiger partial charge in [-0.15, -0.1) is 0 Å². The molecule has 1 aromatic carbocycles. The molecule has 0 saturated heterocycles. The Bertz CT molecular complexity index is 543. The van der Waals surface area contributed by atoms with Gasteiger partial charge in [-0.25, -0.2) is 14.4 Å². The molecular formula is C15H15FN2O. The van der Waals surface area contributed by atoms with E-state index in [-0.39, 0.29) is 0 Å². The number of alkyl halides is 1. The van der Waals surface area contributed by atoms with Gasteiger partial charge in [-0.3, -0.25) is 0 Å². The summed E-state index contributed by atoms with van der Waals surface area (Å²) in [7, 11) is 0. The SMILES string of the molecule is C/C=C/COc1cc(C(F)c2ccccc2)ncn1. The van der Waals surface area contributed by atoms with Crippen LogP contribution in [0.3, 0.4) is 0 Å². The van der Waals surface area contributed by atoms with Crippen molar-refractivity contribution in [3.8, 4) is 5.88 Å². The van der Waals surface area contributed by atoms with Gasteiger partial charge < -0.3 is 4.74 Å². The first-order valence-electron chi connectivity index (χ1n) is 6.06. The van der Waals surface area contributed by atoms with Crippen LogP contribution in [0.1, 0.15) is 24.4 Å². The van der Waals surface area contributed by atoms with Crippen LogP contribution in [0.5, 0.6) is 5.88 Å². The number of rotatable bonds is 5. The normalized spacial score (nSPS) is 12.5. The highest BCUT2D eigenvalue weighted by Crippen LogP contribution is 2.25. The summed E-state index contributed by atoms with van der Waals surface area (Å²) in [5.74, 6) is 0.377. The van der Waals surface area contributed by atoms with E-state index < -0.39 is 6.17 Å². The number of halogens is 1. The lowest BCUT2D eigenvalue weighted by atomic mass is 10.1. The van der Waals surface area contributed by atoms with Gasteiger partial charge in [0.2, 0.25) is 5.88 Å². The molecule has 0 aliphatic heterocycles. The molecule has 1 heterocycles. The van der Waals surface area contributed by atoms with Gasteiger partial charge in [0, 0.05) is 6.07 Å². The molecule has 0 bridgehead atoms. The van der Waals surface area contributed by atoms with Crippen LogP contribution in [-0.4, -0.2) is 16.6 Å². The van der Waals surface area contributed by atoms with Crippen LogP contribution in [0.25, 0.3) is 0 Å². The maximum absolute atomic E-state index is 14.3. The fourth-order valence-corrected chi connectivity index (χ4v) is 1.59. The van der Waals surface area contributed by atoms with Crippen molar-refractivity contribution in [2.45, 2.75) is 13.1 Å². The Morgan fingerprint density at radius 1 is 1.26 bits per heavy atom. The van der Waals surface area contributed by atoms with Crippen molar-refractivity contribution in [1.29, 1.82) is 0 Å². The van der Waals surface area contributed by atoms with E-state index in [1.165, 1.54) is 12.4 Å². The van der Waals surface area contributed by atoms with E-state index in [0.29, 0.717) is 23.7 Å². The lowest BCUT2D eigenvalue weighted by Gasteiger charge is -2.09. The quantitative estimate of drug-likeness (QED) is 0.770. The van der Waals surface area contributed by atoms with Crippen molar-refractivity contribution >= 4 is 0 Å². The Hall–Kier alpha value is -2.23. The molecule has 19 heavy (non-hydrogen) atoms. The van der Waals surface area contributed by atoms with Crippen LogP contribution in [0.15, 0.2) is 54.9 Å². The Morgan fingerprint density at radius 3 is 2.79 bits per heavy atom. The van der Waals surface area contributed by atoms with Gasteiger partial charge >= 0.3 is 0 Å². The average Bonchev–Trinajstić information content (AvgIpc) is 2.48. The minimum atomic E-state index is -1.27. The molecule has 0 aliphatic rings. The van der Waals surface area contributed by atoms with Crippen molar-refractivity contribution in [2.75, 3.05) is 6.61 Å². The fourth-order valence-electron chi connectivity index (χ4n) is 1.59. The van der Waals surface area contributed by atoms with Gasteiger partial charge in [0.05, 0.1) is 5.69 Å². The predicted molar refractivity (Wildman–Crippen MR) is 71.7 cm³/mol. The summed E-state index contributed by atoms with van der Waals surface area (Å²) in [6, 6.07) is 10.4. The van der Waals surface area contributed by atoms with Gasteiger partial charge in [-0.2, -0.15) is 0 Å². The topological polar surface area (TPSA) is 35.0 Å². The maximum Gasteiger partial charge on any atom is 0.216 e. The highest BCUT2D eigenvalue weighted by atomic mass is 19.1. The summed E-state index contributed by atoms with van der Waals surface area (Å²) >= 11 is 0. The van der Waals surface area contributed by atoms with Crippen LogP contribution in [-0.2, 0) is 0 Å². The molecule has 1 unspecified atom stereocenters. The standard InChI is InChI=1S/C15H15FN2O/c1-2-3-9-19-14-10-13(17-11-18-14)15(16)12-7-5-4-6-8-12/h2-8,10-11,15H,9H2,1H3/b3-2+. The van der Waals surface area contributed by atoms with Gasteiger partial charge in [0.1, 0.15) is 12.9 Å². The summed E-state index contributed by atoms with van der Waals surface area (Å²) < 4.78 is 19.6. The first-order chi connectivity index (χ1) is 9.31. The molecule has 0 radical (unpaired) electrons. The highest BCUT2D eigenvalue weighted by molar-refractivity contribution is 5.27. The maximum atomic E-state index is 14.3. The molecule has 1 atom stereocenters. The molecule has 0 N–H and O–H groups in total. The van der Waals surface area contributed by atoms with Crippen molar-refractivity contribution < 1.29 is 9.13 Å². The van der Waals surface area contributed by atoms with E-state index in [2.05, 4.69) is 9.97 Å². The van der Waals surface area contributed by atoms with E-state index in [9.17, 15) is 4.39 Å². The van der Waals surface area contributed by atoms with E-state index >= 15 is 0 Å². The Kier molecular flexibility index (Phi) is 4.61. The van der Waals surface area contributed by atoms with Gasteiger partial charge in [-0.1, -0.05) is 42.5 Å². The Balaban J connectivity index is 2.14. The fraction of sp³-hybridized carbons (Fsp3) is 0.200. The van der Waals surface area contributed by atoms with E-state index in [1.54, 1.807) is 24.3 Å². The molecule has 0 aliphatic carbocycles. The lowest BCUT2D eigenvalue weighted by molar-refractivity contribution is 0.341. The molecule has 2 rings (SSSR count). The van der Waals surface area contributed by atoms with Crippen molar-refractivity contribution in [3.05, 3.63) is 66.1 Å². The van der Waals surface area contributed by atoms with Gasteiger partial charge in [-0.05, 0) is 12.5 Å². The first kappa shape index (κ1) is 13.2. The average molecular weight is 258 g/mol. The number of hydrogen-bond donors (Lipinski definition) is 0. The third kappa shape index (κ3) is 3.61. The summed E-state index contributed by atoms with van der Waals surface area (Å²) in [5, 5.41) is 0. The van der Waals surface area contributed by atoms with Crippen LogP contribution in [0.2, 0.25) is 0 Å². The number of benzene rings is 1. The van der Waals surface area contributed by atoms with Crippen molar-refractivity contribution in [1.82, 2.24) is 9.97 Å². The highest BCUT2D eigenvalue weighted by Gasteiger charge is 2.14. The zero-order chi connectivity index (χ0) is 13.5. The smallest absolute Gasteiger partial charge is 0.216 e. The number of nitrogens with zero attached hydrogens (tertiary/aromatic N) is 2. The monoisotopic (exact) mass is 258 g/mol. The van der Waals surface area contributed by atoms with Gasteiger partial charge in [0.25, 0.3) is 0 Å². The zero-order valence-electron chi connectivity index (χ0n) is 10.7. The molecule has 2 aromatic rings. The molecule has 1 aromatic heterocycles. The number of allylic oxidation sites excluding steroid dienone is 1. The van der Waals surface area contributed by atoms with Gasteiger partial charge in [0.15, 0.2) is 6.17 Å². The minimum absolute atomic E-state index is 0.302. The molecule has 4 heteroatoms. The molecule has 0 fully saturated rings. The van der Waals surface area contributed by atoms with Crippen LogP contribution in [0, 0.1) is 0 Å².